The predicted molar refractivity (Wildman–Crippen MR) is 105 cm³/mol. The summed E-state index contributed by atoms with van der Waals surface area (Å²) in [5, 5.41) is 0. The van der Waals surface area contributed by atoms with Crippen molar-refractivity contribution in [2.45, 2.75) is 71.6 Å². The number of ketones is 1. The summed E-state index contributed by atoms with van der Waals surface area (Å²) in [6.07, 6.45) is 8.92. The van der Waals surface area contributed by atoms with Gasteiger partial charge in [-0.05, 0) is 44.4 Å². The van der Waals surface area contributed by atoms with Gasteiger partial charge in [0.15, 0.2) is 0 Å². The van der Waals surface area contributed by atoms with Crippen molar-refractivity contribution in [2.75, 3.05) is 7.11 Å². The molecule has 0 saturated carbocycles. The van der Waals surface area contributed by atoms with Gasteiger partial charge in [-0.3, -0.25) is 4.79 Å². The Hall–Kier alpha value is -2.10. The maximum absolute atomic E-state index is 12.0. The molecule has 0 radical (unpaired) electrons. The molecule has 0 spiro atoms. The Kier molecular flexibility index (Phi) is 8.39. The highest BCUT2D eigenvalue weighted by Crippen LogP contribution is 2.25. The van der Waals surface area contributed by atoms with Crippen LogP contribution >= 0.6 is 0 Å². The van der Waals surface area contributed by atoms with Crippen LogP contribution in [0.1, 0.15) is 69.7 Å². The monoisotopic (exact) mass is 357 g/mol. The molecule has 1 aromatic heterocycles. The summed E-state index contributed by atoms with van der Waals surface area (Å²) in [7, 11) is 1.65. The summed E-state index contributed by atoms with van der Waals surface area (Å²) in [4.78, 5) is 16.6. The third-order valence-corrected chi connectivity index (χ3v) is 4.64. The molecule has 1 heterocycles. The van der Waals surface area contributed by atoms with Gasteiger partial charge in [-0.15, -0.1) is 0 Å². The Morgan fingerprint density at radius 2 is 1.88 bits per heavy atom. The zero-order chi connectivity index (χ0) is 18.8. The first kappa shape index (κ1) is 20.2. The van der Waals surface area contributed by atoms with Gasteiger partial charge in [0.1, 0.15) is 17.3 Å². The number of nitrogens with zero attached hydrogens (tertiary/aromatic N) is 1. The molecule has 0 aliphatic carbocycles. The second-order valence-corrected chi connectivity index (χ2v) is 6.81. The van der Waals surface area contributed by atoms with Gasteiger partial charge in [0, 0.05) is 18.4 Å². The minimum atomic E-state index is 0.371. The molecule has 26 heavy (non-hydrogen) atoms. The summed E-state index contributed by atoms with van der Waals surface area (Å²) in [5.74, 6) is 2.59. The molecular formula is C22H31NO3. The van der Waals surface area contributed by atoms with Gasteiger partial charge >= 0.3 is 0 Å². The van der Waals surface area contributed by atoms with E-state index in [2.05, 4.69) is 11.9 Å². The zero-order valence-corrected chi connectivity index (χ0v) is 16.3. The quantitative estimate of drug-likeness (QED) is 0.443. The van der Waals surface area contributed by atoms with Crippen LogP contribution in [-0.2, 0) is 11.2 Å². The minimum absolute atomic E-state index is 0.371. The van der Waals surface area contributed by atoms with Gasteiger partial charge in [0.2, 0.25) is 5.89 Å². The molecule has 0 N–H and O–H groups in total. The number of carbonyl (C=O) groups excluding carboxylic acids is 1. The first-order chi connectivity index (χ1) is 12.6. The lowest BCUT2D eigenvalue weighted by atomic mass is 10.0. The first-order valence-electron chi connectivity index (χ1n) is 9.76. The fourth-order valence-corrected chi connectivity index (χ4v) is 3.04. The number of rotatable bonds is 12. The number of aryl methyl sites for hydroxylation is 2. The predicted octanol–water partition coefficient (Wildman–Crippen LogP) is 5.91. The maximum Gasteiger partial charge on any atom is 0.226 e. The van der Waals surface area contributed by atoms with E-state index in [0.717, 1.165) is 48.5 Å². The van der Waals surface area contributed by atoms with E-state index < -0.39 is 0 Å². The SMILES string of the molecule is CCCCCCCC(=O)CCCc1nc(-c2cccc(OC)c2)oc1C. The van der Waals surface area contributed by atoms with Gasteiger partial charge in [-0.2, -0.15) is 0 Å². The first-order valence-corrected chi connectivity index (χ1v) is 9.76. The van der Waals surface area contributed by atoms with Crippen molar-refractivity contribution < 1.29 is 13.9 Å². The van der Waals surface area contributed by atoms with Crippen LogP contribution in [0, 0.1) is 6.92 Å². The van der Waals surface area contributed by atoms with Gasteiger partial charge in [-0.1, -0.05) is 38.7 Å². The van der Waals surface area contributed by atoms with Crippen LogP contribution in [0.15, 0.2) is 28.7 Å². The van der Waals surface area contributed by atoms with E-state index in [4.69, 9.17) is 9.15 Å². The number of Topliss-reactive ketones (excluding diaryl/α,β-unsaturated/α-hetero) is 1. The lowest BCUT2D eigenvalue weighted by Gasteiger charge is -2.01. The molecule has 2 aromatic rings. The number of ether oxygens (including phenoxy) is 1. The average Bonchev–Trinajstić information content (AvgIpc) is 3.02. The van der Waals surface area contributed by atoms with Crippen LogP contribution < -0.4 is 4.74 Å². The lowest BCUT2D eigenvalue weighted by Crippen LogP contribution is -1.99. The Balaban J connectivity index is 1.79. The highest BCUT2D eigenvalue weighted by atomic mass is 16.5. The number of methoxy groups -OCH3 is 1. The molecule has 142 valence electrons. The van der Waals surface area contributed by atoms with Crippen molar-refractivity contribution in [3.63, 3.8) is 0 Å². The van der Waals surface area contributed by atoms with Crippen LogP contribution in [0.5, 0.6) is 5.75 Å². The topological polar surface area (TPSA) is 52.3 Å². The standard InChI is InChI=1S/C22H31NO3/c1-4-5-6-7-8-12-19(24)13-10-15-21-17(2)26-22(23-21)18-11-9-14-20(16-18)25-3/h9,11,14,16H,4-8,10,12-13,15H2,1-3H3. The molecule has 0 saturated heterocycles. The molecule has 0 unspecified atom stereocenters. The van der Waals surface area contributed by atoms with Gasteiger partial charge in [0.25, 0.3) is 0 Å². The molecule has 0 fully saturated rings. The van der Waals surface area contributed by atoms with Crippen LogP contribution in [0.2, 0.25) is 0 Å². The Morgan fingerprint density at radius 1 is 1.12 bits per heavy atom. The van der Waals surface area contributed by atoms with E-state index in [1.807, 2.05) is 31.2 Å². The zero-order valence-electron chi connectivity index (χ0n) is 16.3. The molecule has 4 heteroatoms. The number of benzene rings is 1. The van der Waals surface area contributed by atoms with E-state index >= 15 is 0 Å². The van der Waals surface area contributed by atoms with E-state index in [9.17, 15) is 4.79 Å². The lowest BCUT2D eigenvalue weighted by molar-refractivity contribution is -0.119. The van der Waals surface area contributed by atoms with Crippen LogP contribution in [0.4, 0.5) is 0 Å². The van der Waals surface area contributed by atoms with E-state index in [0.29, 0.717) is 18.1 Å². The van der Waals surface area contributed by atoms with Crippen LogP contribution in [-0.4, -0.2) is 17.9 Å². The van der Waals surface area contributed by atoms with E-state index in [-0.39, 0.29) is 0 Å². The Bertz CT molecular complexity index is 690. The number of hydrogen-bond donors (Lipinski definition) is 0. The van der Waals surface area contributed by atoms with Crippen molar-refractivity contribution in [3.8, 4) is 17.2 Å². The molecule has 0 atom stereocenters. The number of aromatic nitrogens is 1. The van der Waals surface area contributed by atoms with E-state index in [1.165, 1.54) is 25.7 Å². The maximum atomic E-state index is 12.0. The number of oxazole rings is 1. The highest BCUT2D eigenvalue weighted by Gasteiger charge is 2.12. The van der Waals surface area contributed by atoms with Crippen molar-refractivity contribution in [3.05, 3.63) is 35.7 Å². The second kappa shape index (κ2) is 10.8. The highest BCUT2D eigenvalue weighted by molar-refractivity contribution is 5.78. The third kappa shape index (κ3) is 6.32. The largest absolute Gasteiger partial charge is 0.497 e. The molecule has 0 aliphatic heterocycles. The Morgan fingerprint density at radius 3 is 2.65 bits per heavy atom. The number of carbonyl (C=O) groups is 1. The molecule has 0 aliphatic rings. The van der Waals surface area contributed by atoms with E-state index in [1.54, 1.807) is 7.11 Å². The van der Waals surface area contributed by atoms with Crippen molar-refractivity contribution >= 4 is 5.78 Å². The summed E-state index contributed by atoms with van der Waals surface area (Å²) in [6.45, 7) is 4.14. The second-order valence-electron chi connectivity index (χ2n) is 6.81. The fourth-order valence-electron chi connectivity index (χ4n) is 3.04. The summed E-state index contributed by atoms with van der Waals surface area (Å²) >= 11 is 0. The van der Waals surface area contributed by atoms with Gasteiger partial charge < -0.3 is 9.15 Å². The summed E-state index contributed by atoms with van der Waals surface area (Å²) in [6, 6.07) is 7.69. The van der Waals surface area contributed by atoms with Crippen LogP contribution in [0.25, 0.3) is 11.5 Å². The van der Waals surface area contributed by atoms with Crippen LogP contribution in [0.3, 0.4) is 0 Å². The average molecular weight is 357 g/mol. The molecule has 1 aromatic carbocycles. The normalized spacial score (nSPS) is 10.9. The molecule has 0 amide bonds. The molecule has 4 nitrogen and oxygen atoms in total. The van der Waals surface area contributed by atoms with Crippen molar-refractivity contribution in [1.29, 1.82) is 0 Å². The third-order valence-electron chi connectivity index (χ3n) is 4.64. The minimum Gasteiger partial charge on any atom is -0.497 e. The van der Waals surface area contributed by atoms with Crippen molar-refractivity contribution in [1.82, 2.24) is 4.98 Å². The number of hydrogen-bond acceptors (Lipinski definition) is 4. The smallest absolute Gasteiger partial charge is 0.226 e. The summed E-state index contributed by atoms with van der Waals surface area (Å²) < 4.78 is 11.1. The molecule has 0 bridgehead atoms. The van der Waals surface area contributed by atoms with Crippen molar-refractivity contribution in [2.24, 2.45) is 0 Å². The molecular weight excluding hydrogens is 326 g/mol. The summed E-state index contributed by atoms with van der Waals surface area (Å²) in [5.41, 5.74) is 1.85. The Labute approximate surface area is 157 Å². The number of unbranched alkanes of at least 4 members (excludes halogenated alkanes) is 4. The fraction of sp³-hybridized carbons (Fsp3) is 0.545. The van der Waals surface area contributed by atoms with Gasteiger partial charge in [-0.25, -0.2) is 4.98 Å². The molecule has 2 rings (SSSR count). The van der Waals surface area contributed by atoms with Gasteiger partial charge in [0.05, 0.1) is 12.8 Å².